The summed E-state index contributed by atoms with van der Waals surface area (Å²) < 4.78 is 0. The van der Waals surface area contributed by atoms with Crippen molar-refractivity contribution in [2.75, 3.05) is 0 Å². The van der Waals surface area contributed by atoms with Gasteiger partial charge in [-0.05, 0) is 23.8 Å². The van der Waals surface area contributed by atoms with Gasteiger partial charge in [-0.1, -0.05) is 29.8 Å². The van der Waals surface area contributed by atoms with E-state index in [0.29, 0.717) is 16.1 Å². The molecule has 4 heteroatoms. The number of hydrogen-bond donors (Lipinski definition) is 1. The quantitative estimate of drug-likeness (QED) is 0.884. The van der Waals surface area contributed by atoms with Gasteiger partial charge in [-0.2, -0.15) is 5.26 Å². The third kappa shape index (κ3) is 2.44. The molecule has 17 heavy (non-hydrogen) atoms. The molecule has 1 N–H and O–H groups in total. The predicted octanol–water partition coefficient (Wildman–Crippen LogP) is 2.69. The van der Waals surface area contributed by atoms with Gasteiger partial charge < -0.3 is 5.11 Å². The normalized spacial score (nSPS) is 11.8. The minimum Gasteiger partial charge on any atom is -0.384 e. The van der Waals surface area contributed by atoms with E-state index < -0.39 is 6.10 Å². The average Bonchev–Trinajstić information content (AvgIpc) is 2.39. The van der Waals surface area contributed by atoms with Crippen molar-refractivity contribution in [2.45, 2.75) is 6.10 Å². The number of halogens is 1. The molecule has 84 valence electrons. The summed E-state index contributed by atoms with van der Waals surface area (Å²) in [5.74, 6) is 0. The largest absolute Gasteiger partial charge is 0.384 e. The summed E-state index contributed by atoms with van der Waals surface area (Å²) >= 11 is 5.77. The Kier molecular flexibility index (Phi) is 3.38. The van der Waals surface area contributed by atoms with Crippen LogP contribution in [0.15, 0.2) is 42.6 Å². The van der Waals surface area contributed by atoms with Crippen LogP contribution < -0.4 is 0 Å². The second-order valence-electron chi connectivity index (χ2n) is 3.51. The summed E-state index contributed by atoms with van der Waals surface area (Å²) in [7, 11) is 0. The first-order valence-electron chi connectivity index (χ1n) is 5.01. The zero-order valence-electron chi connectivity index (χ0n) is 8.84. The van der Waals surface area contributed by atoms with E-state index in [4.69, 9.17) is 16.9 Å². The molecule has 0 fully saturated rings. The van der Waals surface area contributed by atoms with Crippen LogP contribution in [0.1, 0.15) is 22.9 Å². The molecule has 0 spiro atoms. The Bertz CT molecular complexity index is 560. The first-order valence-corrected chi connectivity index (χ1v) is 5.38. The summed E-state index contributed by atoms with van der Waals surface area (Å²) in [6.07, 6.45) is 0.659. The Morgan fingerprint density at radius 3 is 2.59 bits per heavy atom. The molecule has 0 bridgehead atoms. The van der Waals surface area contributed by atoms with Crippen molar-refractivity contribution >= 4 is 11.6 Å². The number of nitriles is 1. The molecule has 0 saturated carbocycles. The lowest BCUT2D eigenvalue weighted by atomic mass is 10.0. The highest BCUT2D eigenvalue weighted by molar-refractivity contribution is 6.30. The fourth-order valence-corrected chi connectivity index (χ4v) is 1.68. The lowest BCUT2D eigenvalue weighted by molar-refractivity contribution is 0.219. The van der Waals surface area contributed by atoms with Crippen LogP contribution in [-0.4, -0.2) is 10.1 Å². The van der Waals surface area contributed by atoms with Crippen molar-refractivity contribution in [1.82, 2.24) is 4.98 Å². The molecule has 0 saturated heterocycles. The lowest BCUT2D eigenvalue weighted by Gasteiger charge is -2.12. The van der Waals surface area contributed by atoms with E-state index in [1.807, 2.05) is 6.07 Å². The maximum atomic E-state index is 10.2. The summed E-state index contributed by atoms with van der Waals surface area (Å²) in [5.41, 5.74) is 1.41. The highest BCUT2D eigenvalue weighted by Crippen LogP contribution is 2.24. The third-order valence-electron chi connectivity index (χ3n) is 2.43. The summed E-state index contributed by atoms with van der Waals surface area (Å²) in [4.78, 5) is 3.91. The van der Waals surface area contributed by atoms with Gasteiger partial charge in [0.05, 0.1) is 0 Å². The smallest absolute Gasteiger partial charge is 0.146 e. The van der Waals surface area contributed by atoms with Crippen molar-refractivity contribution in [3.05, 3.63) is 64.4 Å². The maximum absolute atomic E-state index is 10.2. The number of pyridine rings is 1. The molecule has 1 aromatic heterocycles. The van der Waals surface area contributed by atoms with Gasteiger partial charge in [0.15, 0.2) is 0 Å². The third-order valence-corrected chi connectivity index (χ3v) is 2.68. The Morgan fingerprint density at radius 2 is 1.94 bits per heavy atom. The minimum absolute atomic E-state index is 0.231. The second-order valence-corrected chi connectivity index (χ2v) is 3.94. The van der Waals surface area contributed by atoms with Crippen LogP contribution in [0.3, 0.4) is 0 Å². The van der Waals surface area contributed by atoms with Crippen LogP contribution in [0.5, 0.6) is 0 Å². The van der Waals surface area contributed by atoms with E-state index in [9.17, 15) is 5.11 Å². The van der Waals surface area contributed by atoms with Crippen LogP contribution in [-0.2, 0) is 0 Å². The molecule has 1 unspecified atom stereocenters. The van der Waals surface area contributed by atoms with Crippen molar-refractivity contribution in [1.29, 1.82) is 5.26 Å². The molecule has 2 aromatic rings. The fourth-order valence-electron chi connectivity index (χ4n) is 1.56. The SMILES string of the molecule is N#Cc1ncccc1C(O)c1ccc(Cl)cc1. The highest BCUT2D eigenvalue weighted by Gasteiger charge is 2.14. The van der Waals surface area contributed by atoms with E-state index in [1.165, 1.54) is 6.20 Å². The number of benzene rings is 1. The second kappa shape index (κ2) is 4.96. The first-order chi connectivity index (χ1) is 8.22. The van der Waals surface area contributed by atoms with Crippen molar-refractivity contribution in [2.24, 2.45) is 0 Å². The Hall–Kier alpha value is -1.89. The number of aromatic nitrogens is 1. The van der Waals surface area contributed by atoms with Crippen molar-refractivity contribution in [3.8, 4) is 6.07 Å². The molecule has 1 aromatic carbocycles. The van der Waals surface area contributed by atoms with Crippen LogP contribution in [0.25, 0.3) is 0 Å². The molecular weight excluding hydrogens is 236 g/mol. The molecule has 3 nitrogen and oxygen atoms in total. The number of hydrogen-bond acceptors (Lipinski definition) is 3. The number of aliphatic hydroxyl groups is 1. The monoisotopic (exact) mass is 244 g/mol. The molecule has 1 heterocycles. The van der Waals surface area contributed by atoms with Crippen LogP contribution >= 0.6 is 11.6 Å². The summed E-state index contributed by atoms with van der Waals surface area (Å²) in [5, 5.41) is 19.7. The van der Waals surface area contributed by atoms with Crippen LogP contribution in [0, 0.1) is 11.3 Å². The fraction of sp³-hybridized carbons (Fsp3) is 0.0769. The van der Waals surface area contributed by atoms with Gasteiger partial charge in [0.2, 0.25) is 0 Å². The zero-order valence-corrected chi connectivity index (χ0v) is 9.59. The van der Waals surface area contributed by atoms with Gasteiger partial charge in [0, 0.05) is 16.8 Å². The van der Waals surface area contributed by atoms with E-state index in [2.05, 4.69) is 4.98 Å². The molecule has 0 aliphatic rings. The molecule has 0 aliphatic carbocycles. The average molecular weight is 245 g/mol. The standard InChI is InChI=1S/C13H9ClN2O/c14-10-5-3-9(4-6-10)13(17)11-2-1-7-16-12(11)8-15/h1-7,13,17H. The van der Waals surface area contributed by atoms with Crippen molar-refractivity contribution < 1.29 is 5.11 Å². The molecule has 0 aliphatic heterocycles. The number of nitrogens with zero attached hydrogens (tertiary/aromatic N) is 2. The van der Waals surface area contributed by atoms with Gasteiger partial charge in [-0.15, -0.1) is 0 Å². The van der Waals surface area contributed by atoms with E-state index in [0.717, 1.165) is 0 Å². The van der Waals surface area contributed by atoms with Gasteiger partial charge in [-0.25, -0.2) is 4.98 Å². The van der Waals surface area contributed by atoms with Gasteiger partial charge in [0.1, 0.15) is 17.9 Å². The minimum atomic E-state index is -0.865. The number of aliphatic hydroxyl groups excluding tert-OH is 1. The molecule has 1 atom stereocenters. The molecular formula is C13H9ClN2O. The summed E-state index contributed by atoms with van der Waals surface area (Å²) in [6.45, 7) is 0. The first kappa shape index (κ1) is 11.6. The Balaban J connectivity index is 2.40. The Morgan fingerprint density at radius 1 is 1.24 bits per heavy atom. The molecule has 0 amide bonds. The van der Waals surface area contributed by atoms with Gasteiger partial charge in [-0.3, -0.25) is 0 Å². The lowest BCUT2D eigenvalue weighted by Crippen LogP contribution is -2.03. The topological polar surface area (TPSA) is 56.9 Å². The van der Waals surface area contributed by atoms with E-state index in [-0.39, 0.29) is 5.69 Å². The molecule has 0 radical (unpaired) electrons. The van der Waals surface area contributed by atoms with Crippen LogP contribution in [0.4, 0.5) is 0 Å². The van der Waals surface area contributed by atoms with Crippen molar-refractivity contribution in [3.63, 3.8) is 0 Å². The van der Waals surface area contributed by atoms with Gasteiger partial charge >= 0.3 is 0 Å². The highest BCUT2D eigenvalue weighted by atomic mass is 35.5. The Labute approximate surface area is 104 Å². The maximum Gasteiger partial charge on any atom is 0.146 e. The van der Waals surface area contributed by atoms with Gasteiger partial charge in [0.25, 0.3) is 0 Å². The predicted molar refractivity (Wildman–Crippen MR) is 64.5 cm³/mol. The molecule has 2 rings (SSSR count). The number of rotatable bonds is 2. The van der Waals surface area contributed by atoms with Crippen LogP contribution in [0.2, 0.25) is 5.02 Å². The summed E-state index contributed by atoms with van der Waals surface area (Å²) in [6, 6.07) is 12.2. The zero-order chi connectivity index (χ0) is 12.3. The van der Waals surface area contributed by atoms with E-state index >= 15 is 0 Å². The van der Waals surface area contributed by atoms with E-state index in [1.54, 1.807) is 36.4 Å².